The molecular formula is C20H22FN3O3. The van der Waals surface area contributed by atoms with Gasteiger partial charge in [-0.1, -0.05) is 18.2 Å². The Balaban J connectivity index is 1.50. The van der Waals surface area contributed by atoms with Crippen molar-refractivity contribution in [2.75, 3.05) is 43.4 Å². The second kappa shape index (κ2) is 8.07. The van der Waals surface area contributed by atoms with E-state index in [-0.39, 0.29) is 18.3 Å². The molecule has 1 heterocycles. The number of rotatable bonds is 4. The van der Waals surface area contributed by atoms with Crippen LogP contribution in [0.1, 0.15) is 15.9 Å². The van der Waals surface area contributed by atoms with Crippen LogP contribution in [0.5, 0.6) is 0 Å². The average molecular weight is 371 g/mol. The van der Waals surface area contributed by atoms with Gasteiger partial charge < -0.3 is 20.3 Å². The SMILES string of the molecule is Cc1ccc(C(=O)OCC(=O)N2CCN(c3ccccc3F)CC2)cc1N. The highest BCUT2D eigenvalue weighted by molar-refractivity contribution is 5.92. The van der Waals surface area contributed by atoms with Gasteiger partial charge in [0.15, 0.2) is 6.61 Å². The standard InChI is InChI=1S/C20H22FN3O3/c1-14-6-7-15(12-17(14)22)20(26)27-13-19(25)24-10-8-23(9-11-24)18-5-3-2-4-16(18)21/h2-7,12H,8-11,13,22H2,1H3. The van der Waals surface area contributed by atoms with Gasteiger partial charge in [-0.05, 0) is 36.8 Å². The molecule has 0 saturated carbocycles. The molecule has 0 aliphatic carbocycles. The molecule has 1 aliphatic rings. The lowest BCUT2D eigenvalue weighted by Crippen LogP contribution is -2.50. The van der Waals surface area contributed by atoms with Gasteiger partial charge in [0, 0.05) is 31.9 Å². The van der Waals surface area contributed by atoms with Gasteiger partial charge in [0.2, 0.25) is 0 Å². The first-order chi connectivity index (χ1) is 13.0. The molecule has 1 amide bonds. The number of amides is 1. The number of benzene rings is 2. The van der Waals surface area contributed by atoms with Crippen molar-refractivity contribution in [1.82, 2.24) is 4.90 Å². The van der Waals surface area contributed by atoms with Crippen LogP contribution in [0.4, 0.5) is 15.8 Å². The van der Waals surface area contributed by atoms with E-state index >= 15 is 0 Å². The molecule has 1 fully saturated rings. The lowest BCUT2D eigenvalue weighted by Gasteiger charge is -2.36. The molecule has 0 atom stereocenters. The maximum absolute atomic E-state index is 13.9. The summed E-state index contributed by atoms with van der Waals surface area (Å²) in [4.78, 5) is 27.9. The number of carbonyl (C=O) groups is 2. The van der Waals surface area contributed by atoms with Gasteiger partial charge in [-0.3, -0.25) is 4.79 Å². The molecule has 142 valence electrons. The fraction of sp³-hybridized carbons (Fsp3) is 0.300. The van der Waals surface area contributed by atoms with E-state index in [1.807, 2.05) is 11.8 Å². The zero-order valence-corrected chi connectivity index (χ0v) is 15.2. The van der Waals surface area contributed by atoms with Crippen molar-refractivity contribution in [2.24, 2.45) is 0 Å². The highest BCUT2D eigenvalue weighted by Crippen LogP contribution is 2.20. The van der Waals surface area contributed by atoms with Gasteiger partial charge in [-0.25, -0.2) is 9.18 Å². The van der Waals surface area contributed by atoms with Gasteiger partial charge in [0.05, 0.1) is 11.3 Å². The van der Waals surface area contributed by atoms with Crippen molar-refractivity contribution in [3.05, 3.63) is 59.4 Å². The minimum atomic E-state index is -0.583. The molecule has 6 nitrogen and oxygen atoms in total. The number of para-hydroxylation sites is 1. The van der Waals surface area contributed by atoms with Crippen molar-refractivity contribution >= 4 is 23.3 Å². The minimum Gasteiger partial charge on any atom is -0.452 e. The van der Waals surface area contributed by atoms with E-state index in [9.17, 15) is 14.0 Å². The molecule has 0 radical (unpaired) electrons. The first-order valence-corrected chi connectivity index (χ1v) is 8.76. The Morgan fingerprint density at radius 2 is 1.81 bits per heavy atom. The summed E-state index contributed by atoms with van der Waals surface area (Å²) in [6.07, 6.45) is 0. The number of hydrogen-bond donors (Lipinski definition) is 1. The van der Waals surface area contributed by atoms with Crippen LogP contribution < -0.4 is 10.6 Å². The number of anilines is 2. The van der Waals surface area contributed by atoms with E-state index in [0.717, 1.165) is 5.56 Å². The summed E-state index contributed by atoms with van der Waals surface area (Å²) < 4.78 is 19.0. The number of nitrogens with two attached hydrogens (primary N) is 1. The van der Waals surface area contributed by atoms with E-state index in [1.165, 1.54) is 12.1 Å². The summed E-state index contributed by atoms with van der Waals surface area (Å²) in [6.45, 7) is 3.45. The molecule has 2 aromatic carbocycles. The number of ether oxygens (including phenoxy) is 1. The van der Waals surface area contributed by atoms with E-state index in [0.29, 0.717) is 43.1 Å². The highest BCUT2D eigenvalue weighted by Gasteiger charge is 2.23. The van der Waals surface area contributed by atoms with E-state index in [4.69, 9.17) is 10.5 Å². The Labute approximate surface area is 157 Å². The van der Waals surface area contributed by atoms with Crippen LogP contribution in [0.3, 0.4) is 0 Å². The Bertz CT molecular complexity index is 848. The zero-order chi connectivity index (χ0) is 19.4. The molecule has 2 aromatic rings. The lowest BCUT2D eigenvalue weighted by molar-refractivity contribution is -0.134. The van der Waals surface area contributed by atoms with Crippen LogP contribution in [-0.4, -0.2) is 49.6 Å². The summed E-state index contributed by atoms with van der Waals surface area (Å²) in [7, 11) is 0. The van der Waals surface area contributed by atoms with Crippen molar-refractivity contribution in [3.63, 3.8) is 0 Å². The lowest BCUT2D eigenvalue weighted by atomic mass is 10.1. The maximum atomic E-state index is 13.9. The third-order valence-corrected chi connectivity index (χ3v) is 4.67. The largest absolute Gasteiger partial charge is 0.452 e. The Morgan fingerprint density at radius 3 is 2.48 bits per heavy atom. The molecule has 2 N–H and O–H groups in total. The van der Waals surface area contributed by atoms with Crippen LogP contribution in [0.15, 0.2) is 42.5 Å². The zero-order valence-electron chi connectivity index (χ0n) is 15.2. The molecule has 0 spiro atoms. The molecule has 3 rings (SSSR count). The smallest absolute Gasteiger partial charge is 0.338 e. The second-order valence-electron chi connectivity index (χ2n) is 6.47. The minimum absolute atomic E-state index is 0.267. The molecule has 27 heavy (non-hydrogen) atoms. The van der Waals surface area contributed by atoms with E-state index < -0.39 is 5.97 Å². The molecular weight excluding hydrogens is 349 g/mol. The monoisotopic (exact) mass is 371 g/mol. The van der Waals surface area contributed by atoms with Gasteiger partial charge in [-0.15, -0.1) is 0 Å². The van der Waals surface area contributed by atoms with Gasteiger partial charge in [0.25, 0.3) is 5.91 Å². The van der Waals surface area contributed by atoms with Crippen molar-refractivity contribution in [1.29, 1.82) is 0 Å². The molecule has 1 aliphatic heterocycles. The Morgan fingerprint density at radius 1 is 1.11 bits per heavy atom. The molecule has 0 unspecified atom stereocenters. The first kappa shape index (κ1) is 18.7. The number of esters is 1. The highest BCUT2D eigenvalue weighted by atomic mass is 19.1. The molecule has 0 aromatic heterocycles. The van der Waals surface area contributed by atoms with Crippen LogP contribution in [0.2, 0.25) is 0 Å². The predicted molar refractivity (Wildman–Crippen MR) is 101 cm³/mol. The van der Waals surface area contributed by atoms with Crippen molar-refractivity contribution < 1.29 is 18.7 Å². The first-order valence-electron chi connectivity index (χ1n) is 8.76. The van der Waals surface area contributed by atoms with Crippen LogP contribution >= 0.6 is 0 Å². The number of piperazine rings is 1. The number of hydrogen-bond acceptors (Lipinski definition) is 5. The number of carbonyl (C=O) groups excluding carboxylic acids is 2. The summed E-state index contributed by atoms with van der Waals surface area (Å²) in [5, 5.41) is 0. The van der Waals surface area contributed by atoms with Crippen molar-refractivity contribution in [3.8, 4) is 0 Å². The Kier molecular flexibility index (Phi) is 5.59. The van der Waals surface area contributed by atoms with E-state index in [1.54, 1.807) is 35.2 Å². The van der Waals surface area contributed by atoms with Gasteiger partial charge >= 0.3 is 5.97 Å². The molecule has 7 heteroatoms. The number of nitrogens with zero attached hydrogens (tertiary/aromatic N) is 2. The van der Waals surface area contributed by atoms with Crippen LogP contribution in [-0.2, 0) is 9.53 Å². The average Bonchev–Trinajstić information content (AvgIpc) is 2.68. The summed E-state index contributed by atoms with van der Waals surface area (Å²) in [5.74, 6) is -1.12. The third-order valence-electron chi connectivity index (χ3n) is 4.67. The van der Waals surface area contributed by atoms with Gasteiger partial charge in [-0.2, -0.15) is 0 Å². The topological polar surface area (TPSA) is 75.9 Å². The number of aryl methyl sites for hydroxylation is 1. The Hall–Kier alpha value is -3.09. The fourth-order valence-corrected chi connectivity index (χ4v) is 2.97. The van der Waals surface area contributed by atoms with Crippen molar-refractivity contribution in [2.45, 2.75) is 6.92 Å². The second-order valence-corrected chi connectivity index (χ2v) is 6.47. The molecule has 1 saturated heterocycles. The summed E-state index contributed by atoms with van der Waals surface area (Å²) in [6, 6.07) is 11.5. The predicted octanol–water partition coefficient (Wildman–Crippen LogP) is 2.22. The fourth-order valence-electron chi connectivity index (χ4n) is 2.97. The van der Waals surface area contributed by atoms with Gasteiger partial charge in [0.1, 0.15) is 5.82 Å². The normalized spacial score (nSPS) is 14.1. The third kappa shape index (κ3) is 4.36. The number of halogens is 1. The maximum Gasteiger partial charge on any atom is 0.338 e. The van der Waals surface area contributed by atoms with Crippen LogP contribution in [0, 0.1) is 12.7 Å². The van der Waals surface area contributed by atoms with E-state index in [2.05, 4.69) is 0 Å². The summed E-state index contributed by atoms with van der Waals surface area (Å²) >= 11 is 0. The molecule has 0 bridgehead atoms. The summed E-state index contributed by atoms with van der Waals surface area (Å²) in [5.41, 5.74) is 8.01. The van der Waals surface area contributed by atoms with Crippen LogP contribution in [0.25, 0.3) is 0 Å². The number of nitrogen functional groups attached to an aromatic ring is 1. The quantitative estimate of drug-likeness (QED) is 0.659.